The first kappa shape index (κ1) is 14.5. The Morgan fingerprint density at radius 3 is 2.90 bits per heavy atom. The second-order valence-corrected chi connectivity index (χ2v) is 5.91. The molecule has 1 aromatic heterocycles. The van der Waals surface area contributed by atoms with Gasteiger partial charge in [0, 0.05) is 24.5 Å². The van der Waals surface area contributed by atoms with E-state index in [1.165, 1.54) is 0 Å². The standard InChI is InChI=1S/C15H19N3OS/c1-11-17-14(10-20-11)9-18(2)15(19)7-6-12-4-3-5-13(16)8-12/h3-5,8,10H,6-7,9,16H2,1-2H3. The average Bonchev–Trinajstić information content (AvgIpc) is 2.81. The van der Waals surface area contributed by atoms with Crippen molar-refractivity contribution in [3.05, 3.63) is 45.9 Å². The van der Waals surface area contributed by atoms with Crippen LogP contribution in [0.3, 0.4) is 0 Å². The van der Waals surface area contributed by atoms with E-state index in [0.717, 1.165) is 22.0 Å². The van der Waals surface area contributed by atoms with Gasteiger partial charge in [0.05, 0.1) is 17.2 Å². The number of aryl methyl sites for hydroxylation is 2. The number of amides is 1. The van der Waals surface area contributed by atoms with E-state index in [9.17, 15) is 4.79 Å². The van der Waals surface area contributed by atoms with Gasteiger partial charge >= 0.3 is 0 Å². The summed E-state index contributed by atoms with van der Waals surface area (Å²) in [5, 5.41) is 3.03. The van der Waals surface area contributed by atoms with Gasteiger partial charge in [0.15, 0.2) is 0 Å². The smallest absolute Gasteiger partial charge is 0.222 e. The van der Waals surface area contributed by atoms with Gasteiger partial charge in [0.25, 0.3) is 0 Å². The molecule has 0 bridgehead atoms. The predicted octanol–water partition coefficient (Wildman–Crippen LogP) is 2.62. The number of hydrogen-bond donors (Lipinski definition) is 1. The monoisotopic (exact) mass is 289 g/mol. The molecule has 2 aromatic rings. The van der Waals surface area contributed by atoms with E-state index in [1.54, 1.807) is 16.2 Å². The Hall–Kier alpha value is -1.88. The van der Waals surface area contributed by atoms with Gasteiger partial charge < -0.3 is 10.6 Å². The Balaban J connectivity index is 1.85. The third-order valence-electron chi connectivity index (χ3n) is 3.07. The van der Waals surface area contributed by atoms with Gasteiger partial charge in [-0.05, 0) is 31.0 Å². The quantitative estimate of drug-likeness (QED) is 0.861. The van der Waals surface area contributed by atoms with E-state index in [2.05, 4.69) is 4.98 Å². The van der Waals surface area contributed by atoms with Gasteiger partial charge in [0.1, 0.15) is 0 Å². The predicted molar refractivity (Wildman–Crippen MR) is 82.5 cm³/mol. The molecule has 2 rings (SSSR count). The van der Waals surface area contributed by atoms with Crippen LogP contribution in [0.4, 0.5) is 5.69 Å². The number of nitrogens with zero attached hydrogens (tertiary/aromatic N) is 2. The number of aromatic nitrogens is 1. The summed E-state index contributed by atoms with van der Waals surface area (Å²) in [6, 6.07) is 7.67. The summed E-state index contributed by atoms with van der Waals surface area (Å²) in [4.78, 5) is 18.2. The highest BCUT2D eigenvalue weighted by Gasteiger charge is 2.11. The highest BCUT2D eigenvalue weighted by molar-refractivity contribution is 7.09. The summed E-state index contributed by atoms with van der Waals surface area (Å²) in [7, 11) is 1.82. The van der Waals surface area contributed by atoms with Crippen molar-refractivity contribution in [2.24, 2.45) is 0 Å². The SMILES string of the molecule is Cc1nc(CN(C)C(=O)CCc2cccc(N)c2)cs1. The summed E-state index contributed by atoms with van der Waals surface area (Å²) in [5.41, 5.74) is 8.51. The van der Waals surface area contributed by atoms with Crippen molar-refractivity contribution in [1.82, 2.24) is 9.88 Å². The molecular weight excluding hydrogens is 270 g/mol. The van der Waals surface area contributed by atoms with Crippen LogP contribution in [0.25, 0.3) is 0 Å². The van der Waals surface area contributed by atoms with Gasteiger partial charge in [-0.1, -0.05) is 12.1 Å². The first-order valence-electron chi connectivity index (χ1n) is 6.54. The number of thiazole rings is 1. The fraction of sp³-hybridized carbons (Fsp3) is 0.333. The Kier molecular flexibility index (Phi) is 4.74. The Bertz CT molecular complexity index is 594. The maximum absolute atomic E-state index is 12.1. The summed E-state index contributed by atoms with van der Waals surface area (Å²) < 4.78 is 0. The number of benzene rings is 1. The average molecular weight is 289 g/mol. The Morgan fingerprint density at radius 2 is 2.25 bits per heavy atom. The molecule has 0 aliphatic rings. The Labute approximate surface area is 123 Å². The molecule has 20 heavy (non-hydrogen) atoms. The number of carbonyl (C=O) groups excluding carboxylic acids is 1. The summed E-state index contributed by atoms with van der Waals surface area (Å²) >= 11 is 1.61. The van der Waals surface area contributed by atoms with Crippen molar-refractivity contribution < 1.29 is 4.79 Å². The van der Waals surface area contributed by atoms with Gasteiger partial charge in [-0.15, -0.1) is 11.3 Å². The molecule has 0 saturated heterocycles. The van der Waals surface area contributed by atoms with Crippen LogP contribution in [0.2, 0.25) is 0 Å². The lowest BCUT2D eigenvalue weighted by molar-refractivity contribution is -0.130. The number of anilines is 1. The zero-order valence-electron chi connectivity index (χ0n) is 11.8. The molecule has 0 fully saturated rings. The molecule has 0 spiro atoms. The van der Waals surface area contributed by atoms with Crippen LogP contribution in [0.5, 0.6) is 0 Å². The molecule has 106 valence electrons. The van der Waals surface area contributed by atoms with E-state index < -0.39 is 0 Å². The van der Waals surface area contributed by atoms with E-state index >= 15 is 0 Å². The van der Waals surface area contributed by atoms with Crippen molar-refractivity contribution in [3.63, 3.8) is 0 Å². The lowest BCUT2D eigenvalue weighted by Crippen LogP contribution is -2.26. The van der Waals surface area contributed by atoms with E-state index in [0.29, 0.717) is 19.4 Å². The van der Waals surface area contributed by atoms with Crippen molar-refractivity contribution in [2.45, 2.75) is 26.3 Å². The lowest BCUT2D eigenvalue weighted by atomic mass is 10.1. The zero-order chi connectivity index (χ0) is 14.5. The molecule has 0 aliphatic carbocycles. The van der Waals surface area contributed by atoms with Crippen LogP contribution in [0, 0.1) is 6.92 Å². The summed E-state index contributed by atoms with van der Waals surface area (Å²) in [6.07, 6.45) is 1.20. The van der Waals surface area contributed by atoms with Crippen molar-refractivity contribution >= 4 is 22.9 Å². The van der Waals surface area contributed by atoms with Crippen molar-refractivity contribution in [3.8, 4) is 0 Å². The molecule has 0 unspecified atom stereocenters. The normalized spacial score (nSPS) is 10.5. The molecule has 0 radical (unpaired) electrons. The van der Waals surface area contributed by atoms with E-state index in [4.69, 9.17) is 5.73 Å². The van der Waals surface area contributed by atoms with Crippen LogP contribution in [0.1, 0.15) is 22.7 Å². The van der Waals surface area contributed by atoms with Crippen LogP contribution in [0.15, 0.2) is 29.6 Å². The number of nitrogens with two attached hydrogens (primary N) is 1. The molecule has 4 nitrogen and oxygen atoms in total. The molecule has 1 heterocycles. The molecule has 0 saturated carbocycles. The third kappa shape index (κ3) is 4.06. The molecule has 5 heteroatoms. The number of rotatable bonds is 5. The van der Waals surface area contributed by atoms with E-state index in [1.807, 2.05) is 43.6 Å². The van der Waals surface area contributed by atoms with Gasteiger partial charge in [-0.3, -0.25) is 4.79 Å². The van der Waals surface area contributed by atoms with Crippen LogP contribution in [-0.4, -0.2) is 22.8 Å². The molecule has 0 atom stereocenters. The molecule has 0 aliphatic heterocycles. The number of hydrogen-bond acceptors (Lipinski definition) is 4. The van der Waals surface area contributed by atoms with Gasteiger partial charge in [-0.25, -0.2) is 4.98 Å². The molecular formula is C15H19N3OS. The minimum Gasteiger partial charge on any atom is -0.399 e. The zero-order valence-corrected chi connectivity index (χ0v) is 12.6. The largest absolute Gasteiger partial charge is 0.399 e. The highest BCUT2D eigenvalue weighted by atomic mass is 32.1. The lowest BCUT2D eigenvalue weighted by Gasteiger charge is -2.15. The minimum atomic E-state index is 0.123. The number of carbonyl (C=O) groups is 1. The van der Waals surface area contributed by atoms with Crippen LogP contribution < -0.4 is 5.73 Å². The summed E-state index contributed by atoms with van der Waals surface area (Å²) in [6.45, 7) is 2.54. The van der Waals surface area contributed by atoms with Crippen LogP contribution in [-0.2, 0) is 17.8 Å². The molecule has 2 N–H and O–H groups in total. The van der Waals surface area contributed by atoms with Gasteiger partial charge in [-0.2, -0.15) is 0 Å². The molecule has 1 aromatic carbocycles. The highest BCUT2D eigenvalue weighted by Crippen LogP contribution is 2.12. The Morgan fingerprint density at radius 1 is 1.45 bits per heavy atom. The minimum absolute atomic E-state index is 0.123. The first-order chi connectivity index (χ1) is 9.54. The van der Waals surface area contributed by atoms with Crippen LogP contribution >= 0.6 is 11.3 Å². The van der Waals surface area contributed by atoms with Gasteiger partial charge in [0.2, 0.25) is 5.91 Å². The second-order valence-electron chi connectivity index (χ2n) is 4.85. The maximum atomic E-state index is 12.1. The molecule has 1 amide bonds. The topological polar surface area (TPSA) is 59.2 Å². The van der Waals surface area contributed by atoms with Crippen molar-refractivity contribution in [1.29, 1.82) is 0 Å². The number of nitrogen functional groups attached to an aromatic ring is 1. The third-order valence-corrected chi connectivity index (χ3v) is 3.89. The fourth-order valence-electron chi connectivity index (χ4n) is 2.00. The second kappa shape index (κ2) is 6.52. The maximum Gasteiger partial charge on any atom is 0.222 e. The fourth-order valence-corrected chi connectivity index (χ4v) is 2.61. The van der Waals surface area contributed by atoms with Crippen molar-refractivity contribution in [2.75, 3.05) is 12.8 Å². The first-order valence-corrected chi connectivity index (χ1v) is 7.42. The summed E-state index contributed by atoms with van der Waals surface area (Å²) in [5.74, 6) is 0.123. The van der Waals surface area contributed by atoms with E-state index in [-0.39, 0.29) is 5.91 Å².